The number of halogens is 3. The van der Waals surface area contributed by atoms with Crippen molar-refractivity contribution in [2.75, 3.05) is 39.8 Å². The number of esters is 1. The van der Waals surface area contributed by atoms with Crippen LogP contribution in [0.4, 0.5) is 13.2 Å². The summed E-state index contributed by atoms with van der Waals surface area (Å²) in [6, 6.07) is 5.19. The maximum absolute atomic E-state index is 14.0. The van der Waals surface area contributed by atoms with Crippen LogP contribution in [-0.2, 0) is 9.53 Å². The highest BCUT2D eigenvalue weighted by molar-refractivity contribution is 5.77. The number of ether oxygens (including phenoxy) is 1. The summed E-state index contributed by atoms with van der Waals surface area (Å²) in [5.41, 5.74) is 0.247. The molecule has 4 nitrogen and oxygen atoms in total. The number of nitrogens with zero attached hydrogens (tertiary/aromatic N) is 2. The molecule has 0 aliphatic carbocycles. The lowest BCUT2D eigenvalue weighted by Gasteiger charge is -2.38. The fourth-order valence-electron chi connectivity index (χ4n) is 2.68. The first-order chi connectivity index (χ1) is 10.5. The molecule has 1 fully saturated rings. The van der Waals surface area contributed by atoms with Crippen molar-refractivity contribution in [2.24, 2.45) is 0 Å². The normalized spacial score (nSPS) is 18.4. The average molecular weight is 316 g/mol. The quantitative estimate of drug-likeness (QED) is 0.777. The Morgan fingerprint density at radius 1 is 1.23 bits per heavy atom. The van der Waals surface area contributed by atoms with Crippen molar-refractivity contribution in [3.05, 3.63) is 35.6 Å². The Morgan fingerprint density at radius 3 is 2.41 bits per heavy atom. The number of alkyl halides is 2. The smallest absolute Gasteiger partial charge is 0.327 e. The van der Waals surface area contributed by atoms with Gasteiger partial charge in [-0.2, -0.15) is 0 Å². The average Bonchev–Trinajstić information content (AvgIpc) is 2.50. The third-order valence-corrected chi connectivity index (χ3v) is 3.79. The summed E-state index contributed by atoms with van der Waals surface area (Å²) in [6.07, 6.45) is -2.38. The number of methoxy groups -OCH3 is 1. The standard InChI is InChI=1S/C15H19F3N2O2/c1-22-15(21)14(11-4-2-3-5-12(11)16)20-8-6-19(7-9-20)10-13(17)18/h2-5,13-14H,6-10H2,1H3/t14-/m1/s1. The van der Waals surface area contributed by atoms with Crippen LogP contribution in [0.1, 0.15) is 11.6 Å². The van der Waals surface area contributed by atoms with Crippen LogP contribution >= 0.6 is 0 Å². The zero-order valence-corrected chi connectivity index (χ0v) is 12.3. The van der Waals surface area contributed by atoms with Gasteiger partial charge in [0.25, 0.3) is 6.43 Å². The second-order valence-electron chi connectivity index (χ2n) is 5.17. The van der Waals surface area contributed by atoms with Gasteiger partial charge in [0.15, 0.2) is 0 Å². The van der Waals surface area contributed by atoms with E-state index in [0.717, 1.165) is 0 Å². The summed E-state index contributed by atoms with van der Waals surface area (Å²) in [5.74, 6) is -1.03. The van der Waals surface area contributed by atoms with Gasteiger partial charge in [-0.05, 0) is 6.07 Å². The van der Waals surface area contributed by atoms with Gasteiger partial charge in [-0.3, -0.25) is 9.80 Å². The fraction of sp³-hybridized carbons (Fsp3) is 0.533. The number of carbonyl (C=O) groups excluding carboxylic acids is 1. The molecule has 22 heavy (non-hydrogen) atoms. The van der Waals surface area contributed by atoms with Crippen LogP contribution in [0, 0.1) is 5.82 Å². The van der Waals surface area contributed by atoms with Crippen LogP contribution in [0.25, 0.3) is 0 Å². The Morgan fingerprint density at radius 2 is 1.86 bits per heavy atom. The molecule has 0 N–H and O–H groups in total. The second-order valence-corrected chi connectivity index (χ2v) is 5.17. The second kappa shape index (κ2) is 7.60. The van der Waals surface area contributed by atoms with E-state index in [0.29, 0.717) is 26.2 Å². The largest absolute Gasteiger partial charge is 0.468 e. The number of rotatable bonds is 5. The highest BCUT2D eigenvalue weighted by atomic mass is 19.3. The summed E-state index contributed by atoms with van der Waals surface area (Å²) in [6.45, 7) is 1.34. The van der Waals surface area contributed by atoms with Crippen LogP contribution in [0.2, 0.25) is 0 Å². The van der Waals surface area contributed by atoms with Gasteiger partial charge in [0.2, 0.25) is 0 Å². The van der Waals surface area contributed by atoms with Crippen LogP contribution in [0.5, 0.6) is 0 Å². The van der Waals surface area contributed by atoms with Crippen molar-refractivity contribution in [2.45, 2.75) is 12.5 Å². The summed E-state index contributed by atoms with van der Waals surface area (Å²) in [7, 11) is 1.25. The number of benzene rings is 1. The fourth-order valence-corrected chi connectivity index (χ4v) is 2.68. The molecule has 1 aliphatic rings. The molecule has 0 bridgehead atoms. The van der Waals surface area contributed by atoms with Gasteiger partial charge in [0.05, 0.1) is 13.7 Å². The van der Waals surface area contributed by atoms with E-state index in [1.807, 2.05) is 0 Å². The molecule has 0 amide bonds. The molecule has 1 saturated heterocycles. The van der Waals surface area contributed by atoms with E-state index in [1.165, 1.54) is 13.2 Å². The van der Waals surface area contributed by atoms with Crippen molar-refractivity contribution in [3.63, 3.8) is 0 Å². The zero-order chi connectivity index (χ0) is 16.1. The van der Waals surface area contributed by atoms with Gasteiger partial charge in [-0.15, -0.1) is 0 Å². The minimum absolute atomic E-state index is 0.247. The van der Waals surface area contributed by atoms with Gasteiger partial charge >= 0.3 is 5.97 Å². The van der Waals surface area contributed by atoms with Gasteiger partial charge in [0, 0.05) is 31.7 Å². The van der Waals surface area contributed by atoms with E-state index in [1.54, 1.807) is 28.0 Å². The van der Waals surface area contributed by atoms with Gasteiger partial charge in [-0.25, -0.2) is 18.0 Å². The molecular formula is C15H19F3N2O2. The Hall–Kier alpha value is -1.60. The Labute approximate surface area is 127 Å². The molecule has 0 radical (unpaired) electrons. The number of piperazine rings is 1. The van der Waals surface area contributed by atoms with Crippen molar-refractivity contribution < 1.29 is 22.7 Å². The summed E-state index contributed by atoms with van der Waals surface area (Å²) in [5, 5.41) is 0. The molecule has 2 rings (SSSR count). The molecule has 7 heteroatoms. The molecule has 1 heterocycles. The lowest BCUT2D eigenvalue weighted by Crippen LogP contribution is -2.50. The van der Waals surface area contributed by atoms with E-state index in [-0.39, 0.29) is 12.1 Å². The summed E-state index contributed by atoms with van der Waals surface area (Å²) in [4.78, 5) is 15.5. The van der Waals surface area contributed by atoms with E-state index in [4.69, 9.17) is 4.74 Å². The lowest BCUT2D eigenvalue weighted by molar-refractivity contribution is -0.148. The number of carbonyl (C=O) groups is 1. The molecule has 1 aliphatic heterocycles. The third kappa shape index (κ3) is 3.98. The van der Waals surface area contributed by atoms with Crippen LogP contribution < -0.4 is 0 Å². The van der Waals surface area contributed by atoms with Crippen LogP contribution in [-0.4, -0.2) is 62.0 Å². The van der Waals surface area contributed by atoms with Crippen molar-refractivity contribution in [1.82, 2.24) is 9.80 Å². The lowest BCUT2D eigenvalue weighted by atomic mass is 10.0. The molecular weight excluding hydrogens is 297 g/mol. The minimum atomic E-state index is -2.38. The van der Waals surface area contributed by atoms with E-state index in [9.17, 15) is 18.0 Å². The highest BCUT2D eigenvalue weighted by Gasteiger charge is 2.33. The minimum Gasteiger partial charge on any atom is -0.468 e. The Kier molecular flexibility index (Phi) is 5.79. The van der Waals surface area contributed by atoms with Crippen molar-refractivity contribution in [3.8, 4) is 0 Å². The van der Waals surface area contributed by atoms with Gasteiger partial charge in [-0.1, -0.05) is 18.2 Å². The molecule has 1 aromatic rings. The van der Waals surface area contributed by atoms with E-state index >= 15 is 0 Å². The molecule has 122 valence electrons. The summed E-state index contributed by atoms with van der Waals surface area (Å²) < 4.78 is 43.6. The predicted octanol–water partition coefficient (Wildman–Crippen LogP) is 1.92. The Balaban J connectivity index is 2.12. The first-order valence-electron chi connectivity index (χ1n) is 7.09. The monoisotopic (exact) mass is 316 g/mol. The molecule has 1 atom stereocenters. The highest BCUT2D eigenvalue weighted by Crippen LogP contribution is 2.26. The SMILES string of the molecule is COC(=O)[C@@H](c1ccccc1F)N1CCN(CC(F)F)CC1. The first-order valence-corrected chi connectivity index (χ1v) is 7.09. The van der Waals surface area contributed by atoms with Crippen molar-refractivity contribution in [1.29, 1.82) is 0 Å². The maximum Gasteiger partial charge on any atom is 0.327 e. The Bertz CT molecular complexity index is 505. The molecule has 0 saturated carbocycles. The topological polar surface area (TPSA) is 32.8 Å². The molecule has 0 spiro atoms. The number of hydrogen-bond acceptors (Lipinski definition) is 4. The predicted molar refractivity (Wildman–Crippen MR) is 75.2 cm³/mol. The molecule has 1 aromatic carbocycles. The van der Waals surface area contributed by atoms with Crippen LogP contribution in [0.3, 0.4) is 0 Å². The molecule has 0 unspecified atom stereocenters. The van der Waals surface area contributed by atoms with E-state index in [2.05, 4.69) is 0 Å². The van der Waals surface area contributed by atoms with Crippen LogP contribution in [0.15, 0.2) is 24.3 Å². The third-order valence-electron chi connectivity index (χ3n) is 3.79. The first kappa shape index (κ1) is 16.8. The number of hydrogen-bond donors (Lipinski definition) is 0. The van der Waals surface area contributed by atoms with Gasteiger partial charge < -0.3 is 4.74 Å². The zero-order valence-electron chi connectivity index (χ0n) is 12.3. The van der Waals surface area contributed by atoms with Gasteiger partial charge in [0.1, 0.15) is 11.9 Å². The molecule has 0 aromatic heterocycles. The van der Waals surface area contributed by atoms with Crippen molar-refractivity contribution >= 4 is 5.97 Å². The summed E-state index contributed by atoms with van der Waals surface area (Å²) >= 11 is 0. The maximum atomic E-state index is 14.0. The van der Waals surface area contributed by atoms with E-state index < -0.39 is 24.3 Å².